The minimum atomic E-state index is 0.899. The van der Waals surface area contributed by atoms with Crippen LogP contribution in [-0.4, -0.2) is 9.55 Å². The summed E-state index contributed by atoms with van der Waals surface area (Å²) in [6.07, 6.45) is 3.04. The lowest BCUT2D eigenvalue weighted by atomic mass is 9.99. The summed E-state index contributed by atoms with van der Waals surface area (Å²) in [5, 5.41) is 0. The fourth-order valence-electron chi connectivity index (χ4n) is 4.64. The molecule has 6 rings (SSSR count). The summed E-state index contributed by atoms with van der Waals surface area (Å²) in [5.41, 5.74) is 11.0. The number of imidazole rings is 1. The van der Waals surface area contributed by atoms with Gasteiger partial charge in [0.05, 0.1) is 22.3 Å². The van der Waals surface area contributed by atoms with Gasteiger partial charge in [0.15, 0.2) is 6.20 Å². The molecule has 3 heteroatoms. The van der Waals surface area contributed by atoms with Gasteiger partial charge >= 0.3 is 0 Å². The van der Waals surface area contributed by atoms with Crippen LogP contribution in [0.2, 0.25) is 0 Å². The van der Waals surface area contributed by atoms with Crippen LogP contribution in [0.15, 0.2) is 85.1 Å². The molecule has 0 unspecified atom stereocenters. The van der Waals surface area contributed by atoms with Crippen LogP contribution in [0.1, 0.15) is 17.0 Å². The van der Waals surface area contributed by atoms with E-state index in [-0.39, 0.29) is 0 Å². The summed E-state index contributed by atoms with van der Waals surface area (Å²) in [7, 11) is 2.11. The zero-order valence-electron chi connectivity index (χ0n) is 17.1. The molecule has 0 fully saturated rings. The van der Waals surface area contributed by atoms with Crippen LogP contribution >= 0.6 is 0 Å². The highest BCUT2D eigenvalue weighted by atomic mass is 15.1. The number of para-hydroxylation sites is 1. The van der Waals surface area contributed by atoms with E-state index in [4.69, 9.17) is 4.98 Å². The van der Waals surface area contributed by atoms with E-state index in [0.717, 1.165) is 17.8 Å². The fourth-order valence-corrected chi connectivity index (χ4v) is 4.64. The number of nitrogens with zero attached hydrogens (tertiary/aromatic N) is 3. The Morgan fingerprint density at radius 3 is 2.53 bits per heavy atom. The lowest BCUT2D eigenvalue weighted by Gasteiger charge is -2.09. The molecule has 0 saturated carbocycles. The number of aromatic nitrogens is 3. The van der Waals surface area contributed by atoms with Crippen molar-refractivity contribution in [2.75, 3.05) is 0 Å². The van der Waals surface area contributed by atoms with Crippen LogP contribution in [0.3, 0.4) is 0 Å². The van der Waals surface area contributed by atoms with Crippen molar-refractivity contribution in [2.45, 2.75) is 13.3 Å². The number of pyridine rings is 1. The summed E-state index contributed by atoms with van der Waals surface area (Å²) >= 11 is 0. The first kappa shape index (κ1) is 17.2. The largest absolute Gasteiger partial charge is 0.296 e. The Morgan fingerprint density at radius 2 is 1.67 bits per heavy atom. The summed E-state index contributed by atoms with van der Waals surface area (Å²) in [6.45, 7) is 2.20. The SMILES string of the molecule is Cc1cc2c(cc1-c1cc(-c3ccccc3)cc[n+]1C)nc1n2-c2ccccc2C1. The minimum Gasteiger partial charge on any atom is -0.296 e. The van der Waals surface area contributed by atoms with Crippen LogP contribution < -0.4 is 4.57 Å². The molecular weight excluding hydrogens is 366 g/mol. The van der Waals surface area contributed by atoms with Gasteiger partial charge in [-0.1, -0.05) is 48.5 Å². The first-order valence-electron chi connectivity index (χ1n) is 10.3. The van der Waals surface area contributed by atoms with E-state index in [1.807, 2.05) is 0 Å². The molecule has 2 aromatic heterocycles. The van der Waals surface area contributed by atoms with Crippen molar-refractivity contribution in [3.63, 3.8) is 0 Å². The molecule has 3 heterocycles. The molecule has 0 bridgehead atoms. The third-order valence-corrected chi connectivity index (χ3v) is 6.18. The van der Waals surface area contributed by atoms with Gasteiger partial charge in [0.2, 0.25) is 5.69 Å². The maximum atomic E-state index is 5.00. The third-order valence-electron chi connectivity index (χ3n) is 6.18. The summed E-state index contributed by atoms with van der Waals surface area (Å²) < 4.78 is 4.52. The second kappa shape index (κ2) is 6.39. The number of benzene rings is 3. The predicted molar refractivity (Wildman–Crippen MR) is 121 cm³/mol. The van der Waals surface area contributed by atoms with Gasteiger partial charge in [0.25, 0.3) is 0 Å². The molecule has 5 aromatic rings. The van der Waals surface area contributed by atoms with Gasteiger partial charge in [0.1, 0.15) is 12.9 Å². The van der Waals surface area contributed by atoms with E-state index in [0.29, 0.717) is 0 Å². The van der Waals surface area contributed by atoms with Crippen LogP contribution in [0.4, 0.5) is 0 Å². The molecule has 0 spiro atoms. The number of fused-ring (bicyclic) bond motifs is 5. The minimum absolute atomic E-state index is 0.899. The maximum absolute atomic E-state index is 5.00. The zero-order valence-corrected chi connectivity index (χ0v) is 17.1. The number of aryl methyl sites for hydroxylation is 2. The topological polar surface area (TPSA) is 21.7 Å². The van der Waals surface area contributed by atoms with Crippen LogP contribution in [0.5, 0.6) is 0 Å². The lowest BCUT2D eigenvalue weighted by Crippen LogP contribution is -2.30. The van der Waals surface area contributed by atoms with Gasteiger partial charge in [-0.15, -0.1) is 0 Å². The van der Waals surface area contributed by atoms with Gasteiger partial charge in [0, 0.05) is 18.6 Å². The number of hydrogen-bond donors (Lipinski definition) is 0. The highest BCUT2D eigenvalue weighted by molar-refractivity contribution is 5.86. The van der Waals surface area contributed by atoms with Crippen molar-refractivity contribution in [1.82, 2.24) is 9.55 Å². The molecule has 0 aliphatic carbocycles. The Bertz CT molecular complexity index is 1430. The third kappa shape index (κ3) is 2.52. The number of rotatable bonds is 2. The van der Waals surface area contributed by atoms with Crippen molar-refractivity contribution in [3.05, 3.63) is 102 Å². The molecule has 3 nitrogen and oxygen atoms in total. The smallest absolute Gasteiger partial charge is 0.213 e. The normalized spacial score (nSPS) is 12.2. The van der Waals surface area contributed by atoms with Crippen molar-refractivity contribution >= 4 is 11.0 Å². The second-order valence-electron chi connectivity index (χ2n) is 8.10. The highest BCUT2D eigenvalue weighted by Crippen LogP contribution is 2.35. The average Bonchev–Trinajstić information content (AvgIpc) is 3.30. The number of hydrogen-bond acceptors (Lipinski definition) is 1. The van der Waals surface area contributed by atoms with Gasteiger partial charge in [-0.3, -0.25) is 4.57 Å². The van der Waals surface area contributed by atoms with Crippen LogP contribution in [-0.2, 0) is 13.5 Å². The first-order chi connectivity index (χ1) is 14.7. The van der Waals surface area contributed by atoms with Crippen LogP contribution in [0, 0.1) is 6.92 Å². The van der Waals surface area contributed by atoms with Crippen molar-refractivity contribution in [2.24, 2.45) is 7.05 Å². The standard InChI is InChI=1S/C27H22N3/c1-18-14-26-23(28-27-16-21-10-6-7-11-24(21)30(26)27)17-22(18)25-15-20(12-13-29(25)2)19-8-4-3-5-9-19/h3-15,17H,16H2,1-2H3/q+1. The molecule has 0 amide bonds. The molecule has 1 aliphatic heterocycles. The summed E-state index contributed by atoms with van der Waals surface area (Å²) in [4.78, 5) is 5.00. The summed E-state index contributed by atoms with van der Waals surface area (Å²) in [5.74, 6) is 1.13. The Labute approximate surface area is 175 Å². The van der Waals surface area contributed by atoms with Gasteiger partial charge in [-0.05, 0) is 47.4 Å². The molecular formula is C27H22N3+. The van der Waals surface area contributed by atoms with E-state index in [1.165, 1.54) is 44.7 Å². The van der Waals surface area contributed by atoms with Gasteiger partial charge < -0.3 is 0 Å². The lowest BCUT2D eigenvalue weighted by molar-refractivity contribution is -0.660. The molecule has 0 N–H and O–H groups in total. The van der Waals surface area contributed by atoms with E-state index in [1.54, 1.807) is 0 Å². The van der Waals surface area contributed by atoms with Crippen molar-refractivity contribution < 1.29 is 4.57 Å². The van der Waals surface area contributed by atoms with E-state index >= 15 is 0 Å². The van der Waals surface area contributed by atoms with E-state index < -0.39 is 0 Å². The molecule has 0 atom stereocenters. The molecule has 0 saturated heterocycles. The highest BCUT2D eigenvalue weighted by Gasteiger charge is 2.24. The Morgan fingerprint density at radius 1 is 0.867 bits per heavy atom. The molecule has 1 aliphatic rings. The van der Waals surface area contributed by atoms with Crippen molar-refractivity contribution in [1.29, 1.82) is 0 Å². The molecule has 30 heavy (non-hydrogen) atoms. The van der Waals surface area contributed by atoms with Gasteiger partial charge in [-0.2, -0.15) is 0 Å². The Balaban J connectivity index is 1.53. The maximum Gasteiger partial charge on any atom is 0.213 e. The van der Waals surface area contributed by atoms with E-state index in [9.17, 15) is 0 Å². The van der Waals surface area contributed by atoms with Crippen LogP contribution in [0.25, 0.3) is 39.1 Å². The quantitative estimate of drug-likeness (QED) is 0.364. The molecule has 0 radical (unpaired) electrons. The van der Waals surface area contributed by atoms with E-state index in [2.05, 4.69) is 108 Å². The molecule has 144 valence electrons. The summed E-state index contributed by atoms with van der Waals surface area (Å²) in [6, 6.07) is 28.2. The molecule has 3 aromatic carbocycles. The van der Waals surface area contributed by atoms with Gasteiger partial charge in [-0.25, -0.2) is 9.55 Å². The van der Waals surface area contributed by atoms with Crippen molar-refractivity contribution in [3.8, 4) is 28.1 Å². The Kier molecular flexibility index (Phi) is 3.66. The predicted octanol–water partition coefficient (Wildman–Crippen LogP) is 5.40. The fraction of sp³-hybridized carbons (Fsp3) is 0.111. The second-order valence-corrected chi connectivity index (χ2v) is 8.10. The zero-order chi connectivity index (χ0) is 20.2. The monoisotopic (exact) mass is 388 g/mol. The average molecular weight is 388 g/mol. The first-order valence-corrected chi connectivity index (χ1v) is 10.3. The Hall–Kier alpha value is -3.72.